The number of hydrogen-bond acceptors (Lipinski definition) is 6. The summed E-state index contributed by atoms with van der Waals surface area (Å²) >= 11 is 0. The van der Waals surface area contributed by atoms with E-state index in [4.69, 9.17) is 25.1 Å². The Balaban J connectivity index is 3.11. The van der Waals surface area contributed by atoms with Crippen LogP contribution in [0, 0.1) is 0 Å². The zero-order valence-electron chi connectivity index (χ0n) is 14.0. The number of benzene rings is 1. The van der Waals surface area contributed by atoms with Crippen LogP contribution in [0.5, 0.6) is 11.5 Å². The third-order valence-electron chi connectivity index (χ3n) is 2.97. The van der Waals surface area contributed by atoms with Crippen molar-refractivity contribution in [3.8, 4) is 11.5 Å². The summed E-state index contributed by atoms with van der Waals surface area (Å²) in [6.45, 7) is 6.86. The lowest BCUT2D eigenvalue weighted by Gasteiger charge is -2.31. The fraction of sp³-hybridized carbons (Fsp3) is 0.500. The molecular formula is C16H23NO6. The molecule has 0 bridgehead atoms. The molecule has 0 radical (unpaired) electrons. The van der Waals surface area contributed by atoms with Gasteiger partial charge in [0, 0.05) is 6.42 Å². The topological polar surface area (TPSA) is 108 Å². The van der Waals surface area contributed by atoms with Crippen LogP contribution < -0.4 is 15.2 Å². The quantitative estimate of drug-likeness (QED) is 0.609. The van der Waals surface area contributed by atoms with Crippen molar-refractivity contribution in [1.29, 1.82) is 0 Å². The molecule has 0 aliphatic carbocycles. The van der Waals surface area contributed by atoms with Gasteiger partial charge in [-0.15, -0.1) is 0 Å². The Morgan fingerprint density at radius 1 is 1.22 bits per heavy atom. The normalized spacial score (nSPS) is 13.8. The summed E-state index contributed by atoms with van der Waals surface area (Å²) in [5, 5.41) is 9.00. The molecule has 128 valence electrons. The lowest BCUT2D eigenvalue weighted by Crippen LogP contribution is -2.55. The summed E-state index contributed by atoms with van der Waals surface area (Å²) < 4.78 is 16.0. The molecule has 1 atom stereocenters. The zero-order chi connectivity index (χ0) is 17.8. The lowest BCUT2D eigenvalue weighted by molar-refractivity contribution is -0.174. The van der Waals surface area contributed by atoms with Crippen LogP contribution in [0.2, 0.25) is 0 Å². The second kappa shape index (κ2) is 6.87. The summed E-state index contributed by atoms with van der Waals surface area (Å²) in [7, 11) is 1.37. The second-order valence-corrected chi connectivity index (χ2v) is 6.02. The van der Waals surface area contributed by atoms with E-state index < -0.39 is 23.3 Å². The fourth-order valence-electron chi connectivity index (χ4n) is 1.70. The highest BCUT2D eigenvalue weighted by atomic mass is 16.6. The standard InChI is InChI=1S/C16H23NO6/c1-6-16(17,14(20)23-15(2,3)4)22-11-8-7-10(13(18)19)9-12(11)21-5/h7-9H,6,17H2,1-5H3,(H,18,19). The van der Waals surface area contributed by atoms with E-state index >= 15 is 0 Å². The van der Waals surface area contributed by atoms with Crippen LogP contribution in [0.1, 0.15) is 44.5 Å². The second-order valence-electron chi connectivity index (χ2n) is 6.02. The third-order valence-corrected chi connectivity index (χ3v) is 2.97. The molecule has 1 unspecified atom stereocenters. The van der Waals surface area contributed by atoms with E-state index in [0.29, 0.717) is 0 Å². The zero-order valence-corrected chi connectivity index (χ0v) is 14.0. The molecule has 7 nitrogen and oxygen atoms in total. The van der Waals surface area contributed by atoms with Gasteiger partial charge in [0.15, 0.2) is 11.5 Å². The molecule has 0 saturated carbocycles. The molecule has 0 saturated heterocycles. The molecule has 1 aromatic carbocycles. The molecule has 0 aliphatic rings. The van der Waals surface area contributed by atoms with E-state index in [1.807, 2.05) is 0 Å². The molecule has 0 aromatic heterocycles. The van der Waals surface area contributed by atoms with E-state index in [2.05, 4.69) is 0 Å². The number of nitrogens with two attached hydrogens (primary N) is 1. The lowest BCUT2D eigenvalue weighted by atomic mass is 10.1. The van der Waals surface area contributed by atoms with Gasteiger partial charge in [0.05, 0.1) is 12.7 Å². The average Bonchev–Trinajstić information content (AvgIpc) is 2.45. The van der Waals surface area contributed by atoms with Gasteiger partial charge in [0.1, 0.15) is 5.60 Å². The first-order chi connectivity index (χ1) is 10.5. The summed E-state index contributed by atoms with van der Waals surface area (Å²) in [4.78, 5) is 23.3. The fourth-order valence-corrected chi connectivity index (χ4v) is 1.70. The van der Waals surface area contributed by atoms with Gasteiger partial charge in [-0.1, -0.05) is 6.92 Å². The third kappa shape index (κ3) is 4.85. The van der Waals surface area contributed by atoms with Crippen molar-refractivity contribution in [1.82, 2.24) is 0 Å². The maximum Gasteiger partial charge on any atom is 0.366 e. The predicted octanol–water partition coefficient (Wildman–Crippen LogP) is 2.18. The Kier molecular flexibility index (Phi) is 5.60. The number of hydrogen-bond donors (Lipinski definition) is 2. The van der Waals surface area contributed by atoms with Crippen molar-refractivity contribution < 1.29 is 28.9 Å². The van der Waals surface area contributed by atoms with E-state index in [0.717, 1.165) is 0 Å². The van der Waals surface area contributed by atoms with Crippen molar-refractivity contribution >= 4 is 11.9 Å². The smallest absolute Gasteiger partial charge is 0.366 e. The van der Waals surface area contributed by atoms with Gasteiger partial charge < -0.3 is 19.3 Å². The van der Waals surface area contributed by atoms with Gasteiger partial charge in [0.2, 0.25) is 0 Å². The highest BCUT2D eigenvalue weighted by Gasteiger charge is 2.39. The number of rotatable bonds is 6. The van der Waals surface area contributed by atoms with Crippen LogP contribution in [0.4, 0.5) is 0 Å². The van der Waals surface area contributed by atoms with Gasteiger partial charge in [-0.3, -0.25) is 5.73 Å². The number of aromatic carboxylic acids is 1. The summed E-state index contributed by atoms with van der Waals surface area (Å²) in [5.74, 6) is -1.49. The molecule has 0 amide bonds. The number of ether oxygens (including phenoxy) is 3. The minimum Gasteiger partial charge on any atom is -0.493 e. The van der Waals surface area contributed by atoms with Gasteiger partial charge >= 0.3 is 11.9 Å². The molecular weight excluding hydrogens is 302 g/mol. The van der Waals surface area contributed by atoms with Crippen molar-refractivity contribution in [2.45, 2.75) is 45.4 Å². The summed E-state index contributed by atoms with van der Waals surface area (Å²) in [6.07, 6.45) is 0.158. The van der Waals surface area contributed by atoms with Crippen LogP contribution in [0.15, 0.2) is 18.2 Å². The highest BCUT2D eigenvalue weighted by Crippen LogP contribution is 2.31. The first kappa shape index (κ1) is 18.8. The van der Waals surface area contributed by atoms with Crippen LogP contribution in [0.3, 0.4) is 0 Å². The van der Waals surface area contributed by atoms with Gasteiger partial charge in [0.25, 0.3) is 5.72 Å². The molecule has 1 aromatic rings. The maximum atomic E-state index is 12.3. The first-order valence-corrected chi connectivity index (χ1v) is 7.15. The van der Waals surface area contributed by atoms with Crippen LogP contribution in [0.25, 0.3) is 0 Å². The van der Waals surface area contributed by atoms with Crippen LogP contribution in [-0.2, 0) is 9.53 Å². The number of carbonyl (C=O) groups is 2. The van der Waals surface area contributed by atoms with E-state index in [-0.39, 0.29) is 23.5 Å². The summed E-state index contributed by atoms with van der Waals surface area (Å²) in [6, 6.07) is 4.03. The predicted molar refractivity (Wildman–Crippen MR) is 83.6 cm³/mol. The Morgan fingerprint density at radius 3 is 2.26 bits per heavy atom. The molecule has 0 heterocycles. The molecule has 23 heavy (non-hydrogen) atoms. The molecule has 0 fully saturated rings. The Bertz CT molecular complexity index is 593. The number of carbonyl (C=O) groups excluding carboxylic acids is 1. The number of esters is 1. The van der Waals surface area contributed by atoms with E-state index in [1.165, 1.54) is 25.3 Å². The van der Waals surface area contributed by atoms with Crippen molar-refractivity contribution in [2.75, 3.05) is 7.11 Å². The number of carboxylic acids is 1. The van der Waals surface area contributed by atoms with Crippen LogP contribution >= 0.6 is 0 Å². The Labute approximate surface area is 135 Å². The Morgan fingerprint density at radius 2 is 1.83 bits per heavy atom. The molecule has 0 aliphatic heterocycles. The highest BCUT2D eigenvalue weighted by molar-refractivity contribution is 5.88. The van der Waals surface area contributed by atoms with E-state index in [9.17, 15) is 9.59 Å². The first-order valence-electron chi connectivity index (χ1n) is 7.15. The maximum absolute atomic E-state index is 12.3. The SMILES string of the molecule is CCC(N)(Oc1ccc(C(=O)O)cc1OC)C(=O)OC(C)(C)C. The minimum absolute atomic E-state index is 0.0330. The number of carboxylic acid groups (broad SMARTS) is 1. The number of methoxy groups -OCH3 is 1. The van der Waals surface area contributed by atoms with Gasteiger partial charge in [-0.25, -0.2) is 9.59 Å². The monoisotopic (exact) mass is 325 g/mol. The van der Waals surface area contributed by atoms with Gasteiger partial charge in [-0.2, -0.15) is 0 Å². The average molecular weight is 325 g/mol. The Hall–Kier alpha value is -2.28. The van der Waals surface area contributed by atoms with Crippen molar-refractivity contribution in [2.24, 2.45) is 5.73 Å². The van der Waals surface area contributed by atoms with E-state index in [1.54, 1.807) is 27.7 Å². The molecule has 0 spiro atoms. The minimum atomic E-state index is -1.70. The van der Waals surface area contributed by atoms with Crippen molar-refractivity contribution in [3.63, 3.8) is 0 Å². The van der Waals surface area contributed by atoms with Crippen LogP contribution in [-0.4, -0.2) is 35.5 Å². The molecule has 1 rings (SSSR count). The summed E-state index contributed by atoms with van der Waals surface area (Å²) in [5.41, 5.74) is 3.65. The molecule has 7 heteroatoms. The molecule has 3 N–H and O–H groups in total. The van der Waals surface area contributed by atoms with Gasteiger partial charge in [-0.05, 0) is 39.0 Å². The largest absolute Gasteiger partial charge is 0.493 e. The van der Waals surface area contributed by atoms with Crippen molar-refractivity contribution in [3.05, 3.63) is 23.8 Å².